The second-order valence-corrected chi connectivity index (χ2v) is 6.51. The molecule has 2 aromatic rings. The number of rotatable bonds is 7. The minimum absolute atomic E-state index is 0.0898. The van der Waals surface area contributed by atoms with Crippen LogP contribution < -0.4 is 14.4 Å². The third-order valence-electron chi connectivity index (χ3n) is 4.55. The molecule has 0 atom stereocenters. The Morgan fingerprint density at radius 2 is 1.64 bits per heavy atom. The Bertz CT molecular complexity index is 1180. The van der Waals surface area contributed by atoms with Crippen molar-refractivity contribution in [3.05, 3.63) is 88.3 Å². The first-order chi connectivity index (χ1) is 15.9. The van der Waals surface area contributed by atoms with Gasteiger partial charge in [0.05, 0.1) is 43.6 Å². The van der Waals surface area contributed by atoms with Crippen LogP contribution in [0.15, 0.2) is 78.2 Å². The number of ether oxygens (including phenoxy) is 4. The van der Waals surface area contributed by atoms with E-state index in [1.807, 2.05) is 0 Å². The zero-order chi connectivity index (χ0) is 24.0. The van der Waals surface area contributed by atoms with E-state index in [2.05, 4.69) is 0 Å². The molecule has 0 saturated carbocycles. The normalized spacial score (nSPS) is 12.8. The Kier molecular flexibility index (Phi) is 7.09. The molecular formula is C23H20N2O8. The van der Waals surface area contributed by atoms with Gasteiger partial charge < -0.3 is 23.8 Å². The highest BCUT2D eigenvalue weighted by Gasteiger charge is 2.29. The molecule has 1 aliphatic rings. The van der Waals surface area contributed by atoms with Crippen molar-refractivity contribution in [1.29, 1.82) is 0 Å². The number of nitro benzene ring substituents is 1. The van der Waals surface area contributed by atoms with Crippen molar-refractivity contribution in [3.63, 3.8) is 0 Å². The monoisotopic (exact) mass is 452 g/mol. The molecule has 1 aliphatic heterocycles. The smallest absolute Gasteiger partial charge is 0.355 e. The number of methoxy groups -OCH3 is 3. The van der Waals surface area contributed by atoms with Crippen LogP contribution in [-0.4, -0.2) is 38.2 Å². The summed E-state index contributed by atoms with van der Waals surface area (Å²) in [5, 5.41) is 11.6. The molecule has 0 N–H and O–H groups in total. The Labute approximate surface area is 189 Å². The lowest BCUT2D eigenvalue weighted by Crippen LogP contribution is -2.27. The first kappa shape index (κ1) is 23.1. The molecule has 0 saturated heterocycles. The number of para-hydroxylation sites is 2. The van der Waals surface area contributed by atoms with Crippen LogP contribution in [0.4, 0.5) is 11.4 Å². The number of benzene rings is 2. The quantitative estimate of drug-likeness (QED) is 0.350. The molecule has 0 bridgehead atoms. The van der Waals surface area contributed by atoms with Crippen LogP contribution >= 0.6 is 0 Å². The molecule has 0 fully saturated rings. The highest BCUT2D eigenvalue weighted by atomic mass is 16.6. The van der Waals surface area contributed by atoms with Crippen LogP contribution in [-0.2, 0) is 19.1 Å². The summed E-state index contributed by atoms with van der Waals surface area (Å²) in [6.45, 7) is 0. The molecule has 0 unspecified atom stereocenters. The van der Waals surface area contributed by atoms with Crippen molar-refractivity contribution in [2.45, 2.75) is 0 Å². The Balaban J connectivity index is 2.18. The number of nitrogens with zero attached hydrogens (tertiary/aromatic N) is 2. The number of non-ortho nitro benzene ring substituents is 1. The van der Waals surface area contributed by atoms with Gasteiger partial charge in [0.2, 0.25) is 0 Å². The van der Waals surface area contributed by atoms with Gasteiger partial charge in [0, 0.05) is 18.3 Å². The summed E-state index contributed by atoms with van der Waals surface area (Å²) in [6.07, 6.45) is 5.93. The van der Waals surface area contributed by atoms with Crippen molar-refractivity contribution < 1.29 is 33.5 Å². The van der Waals surface area contributed by atoms with Gasteiger partial charge in [-0.2, -0.15) is 0 Å². The van der Waals surface area contributed by atoms with Crippen molar-refractivity contribution >= 4 is 23.3 Å². The number of hydrogen-bond acceptors (Lipinski definition) is 9. The van der Waals surface area contributed by atoms with Gasteiger partial charge in [-0.15, -0.1) is 0 Å². The molecule has 0 radical (unpaired) electrons. The molecule has 170 valence electrons. The summed E-state index contributed by atoms with van der Waals surface area (Å²) in [5.74, 6) is -0.759. The van der Waals surface area contributed by atoms with Gasteiger partial charge in [0.25, 0.3) is 5.69 Å². The van der Waals surface area contributed by atoms with E-state index in [9.17, 15) is 19.7 Å². The fraction of sp³-hybridized carbons (Fsp3) is 0.130. The molecular weight excluding hydrogens is 432 g/mol. The number of nitro groups is 1. The molecule has 1 heterocycles. The zero-order valence-electron chi connectivity index (χ0n) is 18.0. The average Bonchev–Trinajstić information content (AvgIpc) is 3.06. The van der Waals surface area contributed by atoms with Crippen LogP contribution in [0.25, 0.3) is 0 Å². The third kappa shape index (κ3) is 5.01. The first-order valence-corrected chi connectivity index (χ1v) is 9.55. The maximum atomic E-state index is 12.6. The SMILES string of the molecule is COC(=O)C1=C(C(=O)OC)N(c2cc(Oc3ccccc3OC)cc([N+](=O)[O-])c2)C=CC=C1. The first-order valence-electron chi connectivity index (χ1n) is 9.55. The van der Waals surface area contributed by atoms with Gasteiger partial charge in [0.1, 0.15) is 11.4 Å². The molecule has 0 aromatic heterocycles. The summed E-state index contributed by atoms with van der Waals surface area (Å²) < 4.78 is 20.8. The maximum absolute atomic E-state index is 12.6. The van der Waals surface area contributed by atoms with Crippen molar-refractivity contribution in [1.82, 2.24) is 0 Å². The fourth-order valence-electron chi connectivity index (χ4n) is 3.07. The van der Waals surface area contributed by atoms with Crippen molar-refractivity contribution in [3.8, 4) is 17.2 Å². The lowest BCUT2D eigenvalue weighted by atomic mass is 10.1. The van der Waals surface area contributed by atoms with Gasteiger partial charge in [0.15, 0.2) is 11.5 Å². The van der Waals surface area contributed by atoms with Crippen LogP contribution in [0.1, 0.15) is 0 Å². The van der Waals surface area contributed by atoms with E-state index >= 15 is 0 Å². The van der Waals surface area contributed by atoms with E-state index in [1.54, 1.807) is 30.3 Å². The summed E-state index contributed by atoms with van der Waals surface area (Å²) in [5.41, 5.74) is -0.395. The fourth-order valence-corrected chi connectivity index (χ4v) is 3.07. The highest BCUT2D eigenvalue weighted by molar-refractivity contribution is 6.05. The second-order valence-electron chi connectivity index (χ2n) is 6.51. The molecule has 0 aliphatic carbocycles. The Hall–Kier alpha value is -4.60. The van der Waals surface area contributed by atoms with Gasteiger partial charge in [-0.05, 0) is 24.3 Å². The van der Waals surface area contributed by atoms with Gasteiger partial charge >= 0.3 is 11.9 Å². The summed E-state index contributed by atoms with van der Waals surface area (Å²) >= 11 is 0. The standard InChI is InChI=1S/C23H20N2O8/c1-30-19-9-4-5-10-20(19)33-17-13-15(12-16(14-17)25(28)29)24-11-7-6-8-18(22(26)31-2)21(24)23(27)32-3/h4-14H,1-3H3. The lowest BCUT2D eigenvalue weighted by molar-refractivity contribution is -0.384. The summed E-state index contributed by atoms with van der Waals surface area (Å²) in [7, 11) is 3.80. The van der Waals surface area contributed by atoms with E-state index in [1.165, 1.54) is 55.7 Å². The number of hydrogen-bond donors (Lipinski definition) is 0. The van der Waals surface area contributed by atoms with Crippen LogP contribution in [0.5, 0.6) is 17.2 Å². The van der Waals surface area contributed by atoms with Gasteiger partial charge in [-0.25, -0.2) is 9.59 Å². The third-order valence-corrected chi connectivity index (χ3v) is 4.55. The summed E-state index contributed by atoms with van der Waals surface area (Å²) in [6, 6.07) is 10.7. The van der Waals surface area contributed by atoms with Crippen LogP contribution in [0.3, 0.4) is 0 Å². The minimum Gasteiger partial charge on any atom is -0.493 e. The largest absolute Gasteiger partial charge is 0.493 e. The van der Waals surface area contributed by atoms with E-state index in [0.29, 0.717) is 11.5 Å². The molecule has 2 aromatic carbocycles. The second kappa shape index (κ2) is 10.1. The molecule has 0 spiro atoms. The van der Waals surface area contributed by atoms with Crippen molar-refractivity contribution in [2.75, 3.05) is 26.2 Å². The van der Waals surface area contributed by atoms with Gasteiger partial charge in [-0.3, -0.25) is 10.1 Å². The van der Waals surface area contributed by atoms with E-state index in [0.717, 1.165) is 7.11 Å². The highest BCUT2D eigenvalue weighted by Crippen LogP contribution is 2.37. The minimum atomic E-state index is -0.842. The topological polar surface area (TPSA) is 117 Å². The summed E-state index contributed by atoms with van der Waals surface area (Å²) in [4.78, 5) is 37.3. The Morgan fingerprint density at radius 1 is 0.939 bits per heavy atom. The maximum Gasteiger partial charge on any atom is 0.355 e. The lowest BCUT2D eigenvalue weighted by Gasteiger charge is -2.23. The average molecular weight is 452 g/mol. The Morgan fingerprint density at radius 3 is 2.27 bits per heavy atom. The number of anilines is 1. The van der Waals surface area contributed by atoms with Crippen LogP contribution in [0, 0.1) is 10.1 Å². The molecule has 3 rings (SSSR count). The van der Waals surface area contributed by atoms with E-state index in [4.69, 9.17) is 18.9 Å². The van der Waals surface area contributed by atoms with Gasteiger partial charge in [-0.1, -0.05) is 18.2 Å². The zero-order valence-corrected chi connectivity index (χ0v) is 18.0. The van der Waals surface area contributed by atoms with E-state index in [-0.39, 0.29) is 28.4 Å². The molecule has 0 amide bonds. The molecule has 10 nitrogen and oxygen atoms in total. The molecule has 33 heavy (non-hydrogen) atoms. The predicted octanol–water partition coefficient (Wildman–Crippen LogP) is 3.89. The predicted molar refractivity (Wildman–Crippen MR) is 118 cm³/mol. The molecule has 10 heteroatoms. The number of allylic oxidation sites excluding steroid dienone is 2. The van der Waals surface area contributed by atoms with Crippen LogP contribution in [0.2, 0.25) is 0 Å². The number of esters is 2. The van der Waals surface area contributed by atoms with Crippen molar-refractivity contribution in [2.24, 2.45) is 0 Å². The number of carbonyl (C=O) groups excluding carboxylic acids is 2. The number of carbonyl (C=O) groups is 2. The van der Waals surface area contributed by atoms with E-state index < -0.39 is 16.9 Å².